The Kier molecular flexibility index (Phi) is 5.14. The number of rotatable bonds is 4. The van der Waals surface area contributed by atoms with Crippen LogP contribution in [0.5, 0.6) is 5.75 Å². The van der Waals surface area contributed by atoms with E-state index in [0.29, 0.717) is 38.3 Å². The van der Waals surface area contributed by atoms with Crippen LogP contribution in [0.2, 0.25) is 0 Å². The molecule has 21 heavy (non-hydrogen) atoms. The molecule has 0 N–H and O–H groups in total. The van der Waals surface area contributed by atoms with E-state index in [4.69, 9.17) is 4.74 Å². The summed E-state index contributed by atoms with van der Waals surface area (Å²) in [5.74, 6) is 0.113. The number of amides is 2. The molecule has 6 heteroatoms. The first-order chi connectivity index (χ1) is 10.1. The minimum atomic E-state index is -0.342. The van der Waals surface area contributed by atoms with E-state index in [1.807, 2.05) is 6.92 Å². The Bertz CT molecular complexity index is 496. The summed E-state index contributed by atoms with van der Waals surface area (Å²) < 4.78 is 18.1. The maximum atomic E-state index is 12.7. The van der Waals surface area contributed by atoms with Crippen LogP contribution in [0.4, 0.5) is 4.39 Å². The molecule has 0 atom stereocenters. The predicted octanol–water partition coefficient (Wildman–Crippen LogP) is 1.29. The highest BCUT2D eigenvalue weighted by Crippen LogP contribution is 2.11. The smallest absolute Gasteiger partial charge is 0.260 e. The molecule has 1 heterocycles. The van der Waals surface area contributed by atoms with Gasteiger partial charge in [-0.15, -0.1) is 0 Å². The molecule has 0 aromatic heterocycles. The van der Waals surface area contributed by atoms with Crippen LogP contribution in [0.3, 0.4) is 0 Å². The maximum absolute atomic E-state index is 12.7. The second-order valence-electron chi connectivity index (χ2n) is 4.86. The lowest BCUT2D eigenvalue weighted by Gasteiger charge is -2.34. The maximum Gasteiger partial charge on any atom is 0.260 e. The third-order valence-electron chi connectivity index (χ3n) is 3.46. The van der Waals surface area contributed by atoms with Crippen molar-refractivity contribution in [3.63, 3.8) is 0 Å². The molecule has 0 radical (unpaired) electrons. The molecule has 1 aliphatic heterocycles. The van der Waals surface area contributed by atoms with Crippen molar-refractivity contribution in [1.29, 1.82) is 0 Å². The lowest BCUT2D eigenvalue weighted by Crippen LogP contribution is -2.51. The molecular formula is C15H19FN2O3. The zero-order valence-electron chi connectivity index (χ0n) is 12.0. The van der Waals surface area contributed by atoms with Crippen molar-refractivity contribution in [1.82, 2.24) is 9.80 Å². The second kappa shape index (κ2) is 7.06. The molecule has 0 unspecified atom stereocenters. The quantitative estimate of drug-likeness (QED) is 0.840. The SMILES string of the molecule is CCC(=O)N1CCN(C(=O)COc2ccc(F)cc2)CC1. The highest BCUT2D eigenvalue weighted by molar-refractivity contribution is 5.79. The van der Waals surface area contributed by atoms with Gasteiger partial charge in [-0.05, 0) is 24.3 Å². The van der Waals surface area contributed by atoms with E-state index in [1.165, 1.54) is 24.3 Å². The lowest BCUT2D eigenvalue weighted by molar-refractivity contribution is -0.140. The van der Waals surface area contributed by atoms with Crippen molar-refractivity contribution in [2.45, 2.75) is 13.3 Å². The largest absolute Gasteiger partial charge is 0.484 e. The normalized spacial score (nSPS) is 15.0. The van der Waals surface area contributed by atoms with E-state index >= 15 is 0 Å². The first-order valence-electron chi connectivity index (χ1n) is 7.04. The van der Waals surface area contributed by atoms with E-state index in [-0.39, 0.29) is 24.2 Å². The van der Waals surface area contributed by atoms with Gasteiger partial charge >= 0.3 is 0 Å². The van der Waals surface area contributed by atoms with Gasteiger partial charge in [0.05, 0.1) is 0 Å². The Morgan fingerprint density at radius 2 is 1.57 bits per heavy atom. The summed E-state index contributed by atoms with van der Waals surface area (Å²) in [5, 5.41) is 0. The summed E-state index contributed by atoms with van der Waals surface area (Å²) in [7, 11) is 0. The monoisotopic (exact) mass is 294 g/mol. The van der Waals surface area contributed by atoms with Crippen LogP contribution in [-0.2, 0) is 9.59 Å². The number of nitrogens with zero attached hydrogens (tertiary/aromatic N) is 2. The molecule has 1 aliphatic rings. The van der Waals surface area contributed by atoms with Gasteiger partial charge in [-0.1, -0.05) is 6.92 Å². The minimum absolute atomic E-state index is 0.0760. The summed E-state index contributed by atoms with van der Waals surface area (Å²) >= 11 is 0. The fourth-order valence-corrected chi connectivity index (χ4v) is 2.20. The van der Waals surface area contributed by atoms with E-state index in [2.05, 4.69) is 0 Å². The fourth-order valence-electron chi connectivity index (χ4n) is 2.20. The summed E-state index contributed by atoms with van der Waals surface area (Å²) in [6.45, 7) is 3.93. The van der Waals surface area contributed by atoms with Crippen LogP contribution < -0.4 is 4.74 Å². The Balaban J connectivity index is 1.77. The van der Waals surface area contributed by atoms with Gasteiger partial charge in [0.15, 0.2) is 6.61 Å². The number of hydrogen-bond donors (Lipinski definition) is 0. The van der Waals surface area contributed by atoms with Crippen molar-refractivity contribution in [2.24, 2.45) is 0 Å². The van der Waals surface area contributed by atoms with Gasteiger partial charge in [0.1, 0.15) is 11.6 Å². The summed E-state index contributed by atoms with van der Waals surface area (Å²) in [6.07, 6.45) is 0.488. The third-order valence-corrected chi connectivity index (χ3v) is 3.46. The standard InChI is InChI=1S/C15H19FN2O3/c1-2-14(19)17-7-9-18(10-8-17)15(20)11-21-13-5-3-12(16)4-6-13/h3-6H,2,7-11H2,1H3. The molecule has 0 bridgehead atoms. The van der Waals surface area contributed by atoms with Crippen LogP contribution in [0.25, 0.3) is 0 Å². The average Bonchev–Trinajstić information content (AvgIpc) is 2.53. The molecule has 114 valence electrons. The van der Waals surface area contributed by atoms with Crippen molar-refractivity contribution in [3.05, 3.63) is 30.1 Å². The topological polar surface area (TPSA) is 49.9 Å². The zero-order valence-corrected chi connectivity index (χ0v) is 12.0. The van der Waals surface area contributed by atoms with E-state index in [1.54, 1.807) is 9.80 Å². The first kappa shape index (κ1) is 15.3. The zero-order chi connectivity index (χ0) is 15.2. The number of halogens is 1. The van der Waals surface area contributed by atoms with Crippen LogP contribution >= 0.6 is 0 Å². The summed E-state index contributed by atoms with van der Waals surface area (Å²) in [5.41, 5.74) is 0. The van der Waals surface area contributed by atoms with Gasteiger partial charge in [0, 0.05) is 32.6 Å². The molecule has 0 saturated carbocycles. The molecule has 0 spiro atoms. The predicted molar refractivity (Wildman–Crippen MR) is 75.3 cm³/mol. The van der Waals surface area contributed by atoms with Crippen molar-refractivity contribution in [3.8, 4) is 5.75 Å². The van der Waals surface area contributed by atoms with Gasteiger partial charge in [-0.2, -0.15) is 0 Å². The number of benzene rings is 1. The summed E-state index contributed by atoms with van der Waals surface area (Å²) in [4.78, 5) is 27.0. The highest BCUT2D eigenvalue weighted by atomic mass is 19.1. The molecule has 1 aromatic rings. The molecule has 5 nitrogen and oxygen atoms in total. The molecule has 1 aromatic carbocycles. The van der Waals surface area contributed by atoms with Gasteiger partial charge in [0.2, 0.25) is 5.91 Å². The molecule has 2 amide bonds. The lowest BCUT2D eigenvalue weighted by atomic mass is 10.3. The van der Waals surface area contributed by atoms with Crippen LogP contribution in [0.1, 0.15) is 13.3 Å². The number of ether oxygens (including phenoxy) is 1. The molecular weight excluding hydrogens is 275 g/mol. The summed E-state index contributed by atoms with van der Waals surface area (Å²) in [6, 6.07) is 5.55. The van der Waals surface area contributed by atoms with Gasteiger partial charge in [-0.25, -0.2) is 4.39 Å². The van der Waals surface area contributed by atoms with E-state index < -0.39 is 0 Å². The fraction of sp³-hybridized carbons (Fsp3) is 0.467. The number of carbonyl (C=O) groups is 2. The van der Waals surface area contributed by atoms with Gasteiger partial charge in [-0.3, -0.25) is 9.59 Å². The first-order valence-corrected chi connectivity index (χ1v) is 7.04. The van der Waals surface area contributed by atoms with Crippen LogP contribution in [-0.4, -0.2) is 54.4 Å². The van der Waals surface area contributed by atoms with Crippen molar-refractivity contribution >= 4 is 11.8 Å². The van der Waals surface area contributed by atoms with Crippen LogP contribution in [0.15, 0.2) is 24.3 Å². The Hall–Kier alpha value is -2.11. The third kappa shape index (κ3) is 4.18. The van der Waals surface area contributed by atoms with Crippen molar-refractivity contribution < 1.29 is 18.7 Å². The Morgan fingerprint density at radius 3 is 2.10 bits per heavy atom. The average molecular weight is 294 g/mol. The van der Waals surface area contributed by atoms with Crippen LogP contribution in [0, 0.1) is 5.82 Å². The van der Waals surface area contributed by atoms with Gasteiger partial charge < -0.3 is 14.5 Å². The number of hydrogen-bond acceptors (Lipinski definition) is 3. The second-order valence-corrected chi connectivity index (χ2v) is 4.86. The molecule has 0 aliphatic carbocycles. The molecule has 1 fully saturated rings. The Labute approximate surface area is 123 Å². The number of piperazine rings is 1. The van der Waals surface area contributed by atoms with Gasteiger partial charge in [0.25, 0.3) is 5.91 Å². The minimum Gasteiger partial charge on any atom is -0.484 e. The highest BCUT2D eigenvalue weighted by Gasteiger charge is 2.23. The Morgan fingerprint density at radius 1 is 1.05 bits per heavy atom. The molecule has 2 rings (SSSR count). The van der Waals surface area contributed by atoms with Crippen molar-refractivity contribution in [2.75, 3.05) is 32.8 Å². The van der Waals surface area contributed by atoms with E-state index in [0.717, 1.165) is 0 Å². The van der Waals surface area contributed by atoms with E-state index in [9.17, 15) is 14.0 Å². The number of carbonyl (C=O) groups excluding carboxylic acids is 2. The molecule has 1 saturated heterocycles.